The summed E-state index contributed by atoms with van der Waals surface area (Å²) < 4.78 is 0. The fourth-order valence-corrected chi connectivity index (χ4v) is 1.36. The van der Waals surface area contributed by atoms with Gasteiger partial charge in [0.1, 0.15) is 0 Å². The van der Waals surface area contributed by atoms with E-state index in [2.05, 4.69) is 30.6 Å². The first kappa shape index (κ1) is 9.01. The minimum atomic E-state index is 0.950. The van der Waals surface area contributed by atoms with E-state index in [9.17, 15) is 0 Å². The second-order valence-electron chi connectivity index (χ2n) is 2.78. The predicted octanol–water partition coefficient (Wildman–Crippen LogP) is 2.20. The number of allylic oxidation sites excluding steroid dienone is 4. The van der Waals surface area contributed by atoms with Gasteiger partial charge in [-0.25, -0.2) is 0 Å². The van der Waals surface area contributed by atoms with Gasteiger partial charge in [-0.2, -0.15) is 0 Å². The maximum atomic E-state index is 3.70. The molecule has 0 saturated carbocycles. The molecule has 1 rings (SSSR count). The van der Waals surface area contributed by atoms with Gasteiger partial charge >= 0.3 is 0 Å². The van der Waals surface area contributed by atoms with Crippen molar-refractivity contribution in [1.29, 1.82) is 0 Å². The van der Waals surface area contributed by atoms with Crippen LogP contribution < -0.4 is 5.32 Å². The molecule has 0 atom stereocenters. The molecule has 1 saturated heterocycles. The fraction of sp³-hybridized carbons (Fsp3) is 0.273. The van der Waals surface area contributed by atoms with Crippen molar-refractivity contribution in [3.8, 4) is 0 Å². The van der Waals surface area contributed by atoms with E-state index in [0.717, 1.165) is 19.5 Å². The third-order valence-electron chi connectivity index (χ3n) is 1.94. The first-order valence-corrected chi connectivity index (χ1v) is 4.22. The third-order valence-corrected chi connectivity index (χ3v) is 1.94. The molecular weight excluding hydrogens is 146 g/mol. The average Bonchev–Trinajstić information content (AvgIpc) is 2.09. The SMILES string of the molecule is C=C/C=C1/CCNC/C1=C/C=C. The van der Waals surface area contributed by atoms with Crippen molar-refractivity contribution < 1.29 is 0 Å². The highest BCUT2D eigenvalue weighted by Gasteiger charge is 2.08. The molecule has 1 heterocycles. The molecule has 0 spiro atoms. The summed E-state index contributed by atoms with van der Waals surface area (Å²) in [6.07, 6.45) is 8.90. The fourth-order valence-electron chi connectivity index (χ4n) is 1.36. The Balaban J connectivity index is 2.80. The molecule has 1 heteroatoms. The molecule has 0 aromatic rings. The van der Waals surface area contributed by atoms with Gasteiger partial charge in [-0.05, 0) is 24.1 Å². The highest BCUT2D eigenvalue weighted by Crippen LogP contribution is 2.16. The van der Waals surface area contributed by atoms with Gasteiger partial charge in [0.05, 0.1) is 0 Å². The molecule has 0 aromatic heterocycles. The second kappa shape index (κ2) is 4.73. The molecule has 0 aliphatic carbocycles. The van der Waals surface area contributed by atoms with E-state index in [1.807, 2.05) is 12.2 Å². The van der Waals surface area contributed by atoms with Crippen LogP contribution in [0.5, 0.6) is 0 Å². The summed E-state index contributed by atoms with van der Waals surface area (Å²) >= 11 is 0. The highest BCUT2D eigenvalue weighted by molar-refractivity contribution is 5.38. The quantitative estimate of drug-likeness (QED) is 0.654. The summed E-state index contributed by atoms with van der Waals surface area (Å²) in [6, 6.07) is 0. The van der Waals surface area contributed by atoms with Crippen LogP contribution in [0.4, 0.5) is 0 Å². The molecule has 12 heavy (non-hydrogen) atoms. The Labute approximate surface area is 74.2 Å². The van der Waals surface area contributed by atoms with Crippen LogP contribution in [0.15, 0.2) is 48.6 Å². The Kier molecular flexibility index (Phi) is 3.55. The first-order valence-electron chi connectivity index (χ1n) is 4.22. The maximum Gasteiger partial charge on any atom is 0.0208 e. The molecule has 0 radical (unpaired) electrons. The zero-order chi connectivity index (χ0) is 8.81. The molecule has 1 nitrogen and oxygen atoms in total. The monoisotopic (exact) mass is 161 g/mol. The van der Waals surface area contributed by atoms with Crippen molar-refractivity contribution in [1.82, 2.24) is 5.32 Å². The molecule has 1 N–H and O–H groups in total. The normalized spacial score (nSPS) is 24.3. The lowest BCUT2D eigenvalue weighted by Gasteiger charge is -2.18. The number of nitrogens with one attached hydrogen (secondary N) is 1. The Hall–Kier alpha value is -1.08. The highest BCUT2D eigenvalue weighted by atomic mass is 14.9. The van der Waals surface area contributed by atoms with E-state index >= 15 is 0 Å². The molecule has 1 aliphatic heterocycles. The van der Waals surface area contributed by atoms with Crippen LogP contribution in [0.2, 0.25) is 0 Å². The molecule has 0 bridgehead atoms. The minimum Gasteiger partial charge on any atom is -0.312 e. The summed E-state index contributed by atoms with van der Waals surface area (Å²) in [5.41, 5.74) is 2.71. The average molecular weight is 161 g/mol. The predicted molar refractivity (Wildman–Crippen MR) is 54.0 cm³/mol. The van der Waals surface area contributed by atoms with Gasteiger partial charge in [-0.15, -0.1) is 0 Å². The zero-order valence-electron chi connectivity index (χ0n) is 7.34. The lowest BCUT2D eigenvalue weighted by Crippen LogP contribution is -2.25. The van der Waals surface area contributed by atoms with Crippen LogP contribution in [0.3, 0.4) is 0 Å². The van der Waals surface area contributed by atoms with Crippen LogP contribution in [-0.4, -0.2) is 13.1 Å². The molecule has 0 amide bonds. The van der Waals surface area contributed by atoms with E-state index in [1.54, 1.807) is 0 Å². The van der Waals surface area contributed by atoms with Crippen molar-refractivity contribution in [3.05, 3.63) is 48.6 Å². The molecule has 1 fully saturated rings. The lowest BCUT2D eigenvalue weighted by atomic mass is 9.98. The summed E-state index contributed by atoms with van der Waals surface area (Å²) in [5, 5.41) is 3.32. The van der Waals surface area contributed by atoms with Crippen LogP contribution in [0.25, 0.3) is 0 Å². The van der Waals surface area contributed by atoms with Crippen LogP contribution >= 0.6 is 0 Å². The second-order valence-corrected chi connectivity index (χ2v) is 2.78. The van der Waals surface area contributed by atoms with E-state index < -0.39 is 0 Å². The van der Waals surface area contributed by atoms with E-state index in [4.69, 9.17) is 0 Å². The number of hydrogen-bond donors (Lipinski definition) is 1. The van der Waals surface area contributed by atoms with Crippen molar-refractivity contribution in [3.63, 3.8) is 0 Å². The Morgan fingerprint density at radius 3 is 2.42 bits per heavy atom. The Bertz CT molecular complexity index is 207. The minimum absolute atomic E-state index is 0.950. The van der Waals surface area contributed by atoms with Crippen molar-refractivity contribution in [2.24, 2.45) is 0 Å². The molecule has 1 aliphatic rings. The van der Waals surface area contributed by atoms with Gasteiger partial charge in [0, 0.05) is 6.54 Å². The number of hydrogen-bond acceptors (Lipinski definition) is 1. The van der Waals surface area contributed by atoms with E-state index in [0.29, 0.717) is 0 Å². The number of piperidine rings is 1. The smallest absolute Gasteiger partial charge is 0.0208 e. The Morgan fingerprint density at radius 2 is 1.75 bits per heavy atom. The van der Waals surface area contributed by atoms with Crippen LogP contribution in [-0.2, 0) is 0 Å². The van der Waals surface area contributed by atoms with E-state index in [-0.39, 0.29) is 0 Å². The first-order chi connectivity index (χ1) is 5.88. The summed E-state index contributed by atoms with van der Waals surface area (Å²) in [6.45, 7) is 9.41. The van der Waals surface area contributed by atoms with Gasteiger partial charge in [-0.3, -0.25) is 0 Å². The van der Waals surface area contributed by atoms with Gasteiger partial charge in [-0.1, -0.05) is 37.5 Å². The van der Waals surface area contributed by atoms with E-state index in [1.165, 1.54) is 11.1 Å². The maximum absolute atomic E-state index is 3.70. The third kappa shape index (κ3) is 2.21. The molecule has 64 valence electrons. The largest absolute Gasteiger partial charge is 0.312 e. The Morgan fingerprint density at radius 1 is 1.08 bits per heavy atom. The molecule has 0 unspecified atom stereocenters. The summed E-state index contributed by atoms with van der Waals surface area (Å²) in [4.78, 5) is 0. The van der Waals surface area contributed by atoms with Crippen molar-refractivity contribution in [2.45, 2.75) is 6.42 Å². The van der Waals surface area contributed by atoms with Crippen molar-refractivity contribution >= 4 is 0 Å². The standard InChI is InChI=1S/C11H15N/c1-3-5-10-7-8-12-9-11(10)6-4-2/h3-6,12H,1-2,7-9H2/b10-5-,11-6-. The zero-order valence-corrected chi connectivity index (χ0v) is 7.34. The van der Waals surface area contributed by atoms with Gasteiger partial charge in [0.2, 0.25) is 0 Å². The summed E-state index contributed by atoms with van der Waals surface area (Å²) in [5.74, 6) is 0. The number of rotatable bonds is 2. The van der Waals surface area contributed by atoms with Crippen LogP contribution in [0, 0.1) is 0 Å². The lowest BCUT2D eigenvalue weighted by molar-refractivity contribution is 0.683. The van der Waals surface area contributed by atoms with Gasteiger partial charge in [0.15, 0.2) is 0 Å². The van der Waals surface area contributed by atoms with Gasteiger partial charge in [0.25, 0.3) is 0 Å². The summed E-state index contributed by atoms with van der Waals surface area (Å²) in [7, 11) is 0. The molecular formula is C11H15N. The molecule has 0 aromatic carbocycles. The van der Waals surface area contributed by atoms with Crippen molar-refractivity contribution in [2.75, 3.05) is 13.1 Å². The van der Waals surface area contributed by atoms with Gasteiger partial charge < -0.3 is 5.32 Å². The van der Waals surface area contributed by atoms with Crippen LogP contribution in [0.1, 0.15) is 6.42 Å². The topological polar surface area (TPSA) is 12.0 Å².